The maximum absolute atomic E-state index is 12.0. The zero-order valence-corrected chi connectivity index (χ0v) is 14.3. The number of carbonyl (C=O) groups excluding carboxylic acids is 1. The average molecular weight is 367 g/mol. The Morgan fingerprint density at radius 2 is 2.04 bits per heavy atom. The molecular formula is C18H17N5O4. The van der Waals surface area contributed by atoms with Crippen molar-refractivity contribution in [2.45, 2.75) is 13.0 Å². The third-order valence-corrected chi connectivity index (χ3v) is 3.60. The van der Waals surface area contributed by atoms with Crippen LogP contribution in [0.4, 0.5) is 0 Å². The van der Waals surface area contributed by atoms with Crippen LogP contribution in [-0.4, -0.2) is 43.7 Å². The van der Waals surface area contributed by atoms with Crippen molar-refractivity contribution in [2.75, 3.05) is 6.54 Å². The first-order valence-corrected chi connectivity index (χ1v) is 8.15. The summed E-state index contributed by atoms with van der Waals surface area (Å²) in [6, 6.07) is 8.77. The number of ether oxygens (including phenoxy) is 1. The normalized spacial score (nSPS) is 10.4. The van der Waals surface area contributed by atoms with Gasteiger partial charge < -0.3 is 15.2 Å². The van der Waals surface area contributed by atoms with Gasteiger partial charge in [0.1, 0.15) is 18.1 Å². The third kappa shape index (κ3) is 5.11. The minimum absolute atomic E-state index is 0.0466. The number of amides is 1. The van der Waals surface area contributed by atoms with Crippen molar-refractivity contribution in [3.05, 3.63) is 60.2 Å². The third-order valence-electron chi connectivity index (χ3n) is 3.60. The second-order valence-electron chi connectivity index (χ2n) is 5.59. The monoisotopic (exact) mass is 367 g/mol. The van der Waals surface area contributed by atoms with Crippen molar-refractivity contribution in [1.82, 2.24) is 25.5 Å². The number of rotatable bonds is 8. The molecule has 0 saturated heterocycles. The topological polar surface area (TPSA) is 130 Å². The van der Waals surface area contributed by atoms with Gasteiger partial charge in [-0.1, -0.05) is 0 Å². The fraction of sp³-hybridized carbons (Fsp3) is 0.167. The lowest BCUT2D eigenvalue weighted by Crippen LogP contribution is -2.26. The summed E-state index contributed by atoms with van der Waals surface area (Å²) in [7, 11) is 0. The van der Waals surface area contributed by atoms with E-state index < -0.39 is 11.9 Å². The maximum Gasteiger partial charge on any atom is 0.305 e. The second kappa shape index (κ2) is 8.56. The molecule has 0 saturated carbocycles. The molecule has 0 bridgehead atoms. The largest absolute Gasteiger partial charge is 0.487 e. The van der Waals surface area contributed by atoms with E-state index in [4.69, 9.17) is 9.84 Å². The van der Waals surface area contributed by atoms with Crippen LogP contribution in [0.1, 0.15) is 22.5 Å². The van der Waals surface area contributed by atoms with E-state index in [9.17, 15) is 9.59 Å². The Labute approximate surface area is 154 Å². The van der Waals surface area contributed by atoms with Gasteiger partial charge in [0.2, 0.25) is 0 Å². The predicted octanol–water partition coefficient (Wildman–Crippen LogP) is 1.65. The van der Waals surface area contributed by atoms with Gasteiger partial charge in [-0.2, -0.15) is 5.10 Å². The molecule has 9 nitrogen and oxygen atoms in total. The van der Waals surface area contributed by atoms with Crippen molar-refractivity contribution in [3.8, 4) is 17.1 Å². The summed E-state index contributed by atoms with van der Waals surface area (Å²) in [5.41, 5.74) is 2.53. The summed E-state index contributed by atoms with van der Waals surface area (Å²) >= 11 is 0. The highest BCUT2D eigenvalue weighted by molar-refractivity contribution is 5.92. The van der Waals surface area contributed by atoms with Crippen LogP contribution >= 0.6 is 0 Å². The standard InChI is InChI=1S/C18H17N5O4/c24-17(25)5-7-20-18(26)16-9-12(3-6-19-16)11-27-13-1-2-14(21-10-13)15-4-8-22-23-15/h1-4,6,8-10H,5,7,11H2,(H,20,26)(H,22,23)(H,24,25). The molecule has 138 valence electrons. The average Bonchev–Trinajstić information content (AvgIpc) is 3.21. The van der Waals surface area contributed by atoms with Crippen LogP contribution in [0.2, 0.25) is 0 Å². The quantitative estimate of drug-likeness (QED) is 0.552. The van der Waals surface area contributed by atoms with Gasteiger partial charge in [-0.25, -0.2) is 0 Å². The van der Waals surface area contributed by atoms with Gasteiger partial charge >= 0.3 is 5.97 Å². The summed E-state index contributed by atoms with van der Waals surface area (Å²) in [6.07, 6.45) is 4.62. The lowest BCUT2D eigenvalue weighted by Gasteiger charge is -2.08. The Morgan fingerprint density at radius 3 is 2.74 bits per heavy atom. The highest BCUT2D eigenvalue weighted by Crippen LogP contribution is 2.18. The van der Waals surface area contributed by atoms with Gasteiger partial charge in [-0.15, -0.1) is 0 Å². The van der Waals surface area contributed by atoms with Crippen LogP contribution in [0.15, 0.2) is 48.9 Å². The zero-order chi connectivity index (χ0) is 19.1. The molecule has 0 aliphatic rings. The number of nitrogens with zero attached hydrogens (tertiary/aromatic N) is 3. The van der Waals surface area contributed by atoms with Crippen molar-refractivity contribution >= 4 is 11.9 Å². The van der Waals surface area contributed by atoms with Crippen LogP contribution in [0, 0.1) is 0 Å². The van der Waals surface area contributed by atoms with Gasteiger partial charge in [0.05, 0.1) is 24.0 Å². The van der Waals surface area contributed by atoms with Gasteiger partial charge in [-0.05, 0) is 35.9 Å². The number of carboxylic acids is 1. The molecule has 3 rings (SSSR count). The highest BCUT2D eigenvalue weighted by Gasteiger charge is 2.09. The van der Waals surface area contributed by atoms with Gasteiger partial charge in [0.15, 0.2) is 0 Å². The molecule has 1 amide bonds. The van der Waals surface area contributed by atoms with Crippen molar-refractivity contribution < 1.29 is 19.4 Å². The predicted molar refractivity (Wildman–Crippen MR) is 95.0 cm³/mol. The summed E-state index contributed by atoms with van der Waals surface area (Å²) in [5, 5.41) is 17.8. The molecule has 3 aromatic heterocycles. The summed E-state index contributed by atoms with van der Waals surface area (Å²) < 4.78 is 5.69. The molecule has 0 aromatic carbocycles. The van der Waals surface area contributed by atoms with E-state index in [1.54, 1.807) is 30.6 Å². The first kappa shape index (κ1) is 18.1. The summed E-state index contributed by atoms with van der Waals surface area (Å²) in [5.74, 6) is -0.816. The number of H-pyrrole nitrogens is 1. The molecule has 27 heavy (non-hydrogen) atoms. The van der Waals surface area contributed by atoms with Crippen LogP contribution in [0.3, 0.4) is 0 Å². The maximum atomic E-state index is 12.0. The summed E-state index contributed by atoms with van der Waals surface area (Å²) in [6.45, 7) is 0.286. The number of hydrogen-bond donors (Lipinski definition) is 3. The van der Waals surface area contributed by atoms with Crippen LogP contribution < -0.4 is 10.1 Å². The molecule has 0 aliphatic carbocycles. The smallest absolute Gasteiger partial charge is 0.305 e. The molecule has 0 fully saturated rings. The van der Waals surface area contributed by atoms with Gasteiger partial charge in [0, 0.05) is 18.9 Å². The van der Waals surface area contributed by atoms with E-state index >= 15 is 0 Å². The number of hydrogen-bond acceptors (Lipinski definition) is 6. The lowest BCUT2D eigenvalue weighted by molar-refractivity contribution is -0.136. The highest BCUT2D eigenvalue weighted by atomic mass is 16.5. The van der Waals surface area contributed by atoms with E-state index in [0.717, 1.165) is 17.0 Å². The number of aliphatic carboxylic acids is 1. The lowest BCUT2D eigenvalue weighted by atomic mass is 10.2. The molecule has 0 radical (unpaired) electrons. The van der Waals surface area contributed by atoms with Crippen molar-refractivity contribution in [2.24, 2.45) is 0 Å². The fourth-order valence-corrected chi connectivity index (χ4v) is 2.25. The second-order valence-corrected chi connectivity index (χ2v) is 5.59. The Kier molecular flexibility index (Phi) is 5.73. The Bertz CT molecular complexity index is 910. The molecule has 0 aliphatic heterocycles. The summed E-state index contributed by atoms with van der Waals surface area (Å²) in [4.78, 5) is 30.8. The molecule has 3 N–H and O–H groups in total. The molecule has 0 unspecified atom stereocenters. The molecule has 9 heteroatoms. The van der Waals surface area contributed by atoms with Crippen molar-refractivity contribution in [1.29, 1.82) is 0 Å². The van der Waals surface area contributed by atoms with E-state index in [0.29, 0.717) is 5.75 Å². The van der Waals surface area contributed by atoms with E-state index in [1.807, 2.05) is 12.1 Å². The van der Waals surface area contributed by atoms with Crippen LogP contribution in [0.25, 0.3) is 11.4 Å². The first-order valence-electron chi connectivity index (χ1n) is 8.15. The molecule has 3 heterocycles. The van der Waals surface area contributed by atoms with Gasteiger partial charge in [-0.3, -0.25) is 24.7 Å². The van der Waals surface area contributed by atoms with Crippen LogP contribution in [-0.2, 0) is 11.4 Å². The minimum Gasteiger partial charge on any atom is -0.487 e. The van der Waals surface area contributed by atoms with Crippen molar-refractivity contribution in [3.63, 3.8) is 0 Å². The Hall–Kier alpha value is -3.75. The SMILES string of the molecule is O=C(O)CCNC(=O)c1cc(COc2ccc(-c3ccn[nH]3)nc2)ccn1. The fourth-order valence-electron chi connectivity index (χ4n) is 2.25. The number of carbonyl (C=O) groups is 2. The number of aromatic nitrogens is 4. The molecule has 0 spiro atoms. The van der Waals surface area contributed by atoms with Gasteiger partial charge in [0.25, 0.3) is 5.91 Å². The Morgan fingerprint density at radius 1 is 1.15 bits per heavy atom. The minimum atomic E-state index is -0.974. The zero-order valence-electron chi connectivity index (χ0n) is 14.3. The molecule has 0 atom stereocenters. The number of nitrogens with one attached hydrogen (secondary N) is 2. The first-order chi connectivity index (χ1) is 13.1. The molecular weight excluding hydrogens is 350 g/mol. The molecule has 3 aromatic rings. The van der Waals surface area contributed by atoms with E-state index in [1.165, 1.54) is 6.20 Å². The van der Waals surface area contributed by atoms with E-state index in [2.05, 4.69) is 25.5 Å². The number of carboxylic acid groups (broad SMARTS) is 1. The van der Waals surface area contributed by atoms with Crippen LogP contribution in [0.5, 0.6) is 5.75 Å². The Balaban J connectivity index is 1.56. The number of pyridine rings is 2. The number of aromatic amines is 1. The van der Waals surface area contributed by atoms with E-state index in [-0.39, 0.29) is 25.3 Å².